The van der Waals surface area contributed by atoms with Crippen LogP contribution in [0.15, 0.2) is 64.8 Å². The fourth-order valence-corrected chi connectivity index (χ4v) is 4.38. The van der Waals surface area contributed by atoms with Crippen molar-refractivity contribution >= 4 is 45.4 Å². The second-order valence-electron chi connectivity index (χ2n) is 7.73. The van der Waals surface area contributed by atoms with Gasteiger partial charge >= 0.3 is 0 Å². The van der Waals surface area contributed by atoms with Crippen LogP contribution in [0.5, 0.6) is 0 Å². The number of aromatic amines is 1. The number of aryl methyl sites for hydroxylation is 1. The van der Waals surface area contributed by atoms with E-state index in [1.54, 1.807) is 18.3 Å². The zero-order valence-corrected chi connectivity index (χ0v) is 18.8. The summed E-state index contributed by atoms with van der Waals surface area (Å²) in [4.78, 5) is 35.5. The number of nitrogens with one attached hydrogen (secondary N) is 3. The Morgan fingerprint density at radius 2 is 1.94 bits per heavy atom. The molecule has 0 bridgehead atoms. The lowest BCUT2D eigenvalue weighted by Crippen LogP contribution is -2.23. The minimum Gasteiger partial charge on any atom is -0.350 e. The van der Waals surface area contributed by atoms with E-state index in [0.29, 0.717) is 29.5 Å². The third-order valence-electron chi connectivity index (χ3n) is 5.44. The number of carbonyl (C=O) groups is 1. The van der Waals surface area contributed by atoms with Crippen LogP contribution in [-0.4, -0.2) is 25.5 Å². The lowest BCUT2D eigenvalue weighted by Gasteiger charge is -2.08. The van der Waals surface area contributed by atoms with E-state index >= 15 is 0 Å². The van der Waals surface area contributed by atoms with Crippen LogP contribution in [0, 0.1) is 6.92 Å². The van der Waals surface area contributed by atoms with Crippen LogP contribution in [0.3, 0.4) is 0 Å². The number of H-pyrrole nitrogens is 1. The molecule has 0 saturated carbocycles. The Labute approximate surface area is 193 Å². The predicted octanol–water partition coefficient (Wildman–Crippen LogP) is 4.12. The number of hydrogen-bond acceptors (Lipinski definition) is 6. The highest BCUT2D eigenvalue weighted by molar-refractivity contribution is 7.09. The standard InChI is InChI=1S/C24H22N6O2S/c1-15-20(10-11-21(31)27-18-9-8-16-5-2-3-6-17(16)13-18)22(32)30-24(26-15)28-23(29-30)25-14-19-7-4-12-33-19/h2-9,12-13H,10-11,14H2,1H3,(H,27,31)(H2,25,26,28,29). The summed E-state index contributed by atoms with van der Waals surface area (Å²) >= 11 is 1.64. The summed E-state index contributed by atoms with van der Waals surface area (Å²) in [5.74, 6) is 0.617. The molecule has 0 radical (unpaired) electrons. The lowest BCUT2D eigenvalue weighted by atomic mass is 10.1. The van der Waals surface area contributed by atoms with Crippen LogP contribution in [0.25, 0.3) is 16.6 Å². The number of benzene rings is 2. The Morgan fingerprint density at radius 3 is 2.76 bits per heavy atom. The van der Waals surface area contributed by atoms with Gasteiger partial charge in [0.2, 0.25) is 11.9 Å². The summed E-state index contributed by atoms with van der Waals surface area (Å²) in [5, 5.41) is 13.2. The van der Waals surface area contributed by atoms with E-state index in [2.05, 4.69) is 25.7 Å². The van der Waals surface area contributed by atoms with E-state index in [1.807, 2.05) is 60.0 Å². The maximum atomic E-state index is 13.0. The molecule has 5 rings (SSSR count). The first-order valence-electron chi connectivity index (χ1n) is 10.6. The Kier molecular flexibility index (Phi) is 5.62. The van der Waals surface area contributed by atoms with E-state index < -0.39 is 0 Å². The minimum atomic E-state index is -0.243. The number of rotatable bonds is 7. The molecule has 3 heterocycles. The fraction of sp³-hybridized carbons (Fsp3) is 0.167. The van der Waals surface area contributed by atoms with Crippen molar-refractivity contribution in [3.05, 3.63) is 86.5 Å². The molecule has 0 spiro atoms. The van der Waals surface area contributed by atoms with Crippen molar-refractivity contribution in [2.24, 2.45) is 0 Å². The molecule has 0 atom stereocenters. The molecule has 0 unspecified atom stereocenters. The molecule has 3 aromatic heterocycles. The molecule has 3 N–H and O–H groups in total. The van der Waals surface area contributed by atoms with Gasteiger partial charge < -0.3 is 10.6 Å². The topological polar surface area (TPSA) is 104 Å². The summed E-state index contributed by atoms with van der Waals surface area (Å²) in [7, 11) is 0. The molecule has 0 aliphatic rings. The van der Waals surface area contributed by atoms with Crippen LogP contribution in [0.1, 0.15) is 22.6 Å². The molecule has 5 aromatic rings. The summed E-state index contributed by atoms with van der Waals surface area (Å²) < 4.78 is 1.32. The molecule has 1 amide bonds. The van der Waals surface area contributed by atoms with Crippen LogP contribution in [-0.2, 0) is 17.8 Å². The molecule has 166 valence electrons. The number of amides is 1. The predicted molar refractivity (Wildman–Crippen MR) is 131 cm³/mol. The van der Waals surface area contributed by atoms with Crippen molar-refractivity contribution in [3.63, 3.8) is 0 Å². The van der Waals surface area contributed by atoms with Gasteiger partial charge in [0.1, 0.15) is 0 Å². The average Bonchev–Trinajstić information content (AvgIpc) is 3.47. The molecule has 0 aliphatic carbocycles. The van der Waals surface area contributed by atoms with Gasteiger partial charge in [0.15, 0.2) is 0 Å². The quantitative estimate of drug-likeness (QED) is 0.340. The van der Waals surface area contributed by atoms with Gasteiger partial charge in [0, 0.05) is 22.5 Å². The highest BCUT2D eigenvalue weighted by Gasteiger charge is 2.15. The molecule has 0 aliphatic heterocycles. The molecule has 2 aromatic carbocycles. The van der Waals surface area contributed by atoms with Crippen molar-refractivity contribution in [3.8, 4) is 0 Å². The van der Waals surface area contributed by atoms with Gasteiger partial charge in [-0.25, -0.2) is 4.98 Å². The van der Waals surface area contributed by atoms with E-state index in [-0.39, 0.29) is 24.3 Å². The lowest BCUT2D eigenvalue weighted by molar-refractivity contribution is -0.116. The number of thiophene rings is 1. The fourth-order valence-electron chi connectivity index (χ4n) is 3.73. The maximum Gasteiger partial charge on any atom is 0.277 e. The summed E-state index contributed by atoms with van der Waals surface area (Å²) in [6.45, 7) is 2.37. The Balaban J connectivity index is 1.28. The van der Waals surface area contributed by atoms with E-state index in [0.717, 1.165) is 21.3 Å². The van der Waals surface area contributed by atoms with Crippen LogP contribution in [0.4, 0.5) is 11.6 Å². The number of hydrogen-bond donors (Lipinski definition) is 3. The van der Waals surface area contributed by atoms with Crippen LogP contribution in [0.2, 0.25) is 0 Å². The van der Waals surface area contributed by atoms with E-state index in [4.69, 9.17) is 0 Å². The normalized spacial score (nSPS) is 11.2. The van der Waals surface area contributed by atoms with Crippen molar-refractivity contribution in [2.75, 3.05) is 10.6 Å². The van der Waals surface area contributed by atoms with Gasteiger partial charge in [0.05, 0.1) is 12.2 Å². The van der Waals surface area contributed by atoms with E-state index in [9.17, 15) is 9.59 Å². The summed E-state index contributed by atoms with van der Waals surface area (Å²) in [6.07, 6.45) is 0.464. The van der Waals surface area contributed by atoms with Crippen molar-refractivity contribution in [2.45, 2.75) is 26.3 Å². The van der Waals surface area contributed by atoms with Gasteiger partial charge in [0.25, 0.3) is 11.3 Å². The third-order valence-corrected chi connectivity index (χ3v) is 6.32. The second kappa shape index (κ2) is 8.87. The first-order valence-corrected chi connectivity index (χ1v) is 11.5. The first-order chi connectivity index (χ1) is 16.1. The van der Waals surface area contributed by atoms with Gasteiger partial charge in [-0.05, 0) is 47.7 Å². The molecular formula is C24H22N6O2S. The molecule has 8 nitrogen and oxygen atoms in total. The molecular weight excluding hydrogens is 436 g/mol. The number of aromatic nitrogens is 4. The minimum absolute atomic E-state index is 0.155. The van der Waals surface area contributed by atoms with Crippen molar-refractivity contribution in [1.82, 2.24) is 19.6 Å². The van der Waals surface area contributed by atoms with Crippen LogP contribution >= 0.6 is 11.3 Å². The van der Waals surface area contributed by atoms with Gasteiger partial charge in [-0.3, -0.25) is 14.7 Å². The SMILES string of the molecule is Cc1nc2nc(NCc3cccs3)[nH]n2c(=O)c1CCC(=O)Nc1ccc2ccccc2c1. The highest BCUT2D eigenvalue weighted by Crippen LogP contribution is 2.19. The zero-order chi connectivity index (χ0) is 22.8. The van der Waals surface area contributed by atoms with E-state index in [1.165, 1.54) is 4.52 Å². The molecule has 0 fully saturated rings. The Hall–Kier alpha value is -3.98. The largest absolute Gasteiger partial charge is 0.350 e. The molecule has 9 heteroatoms. The van der Waals surface area contributed by atoms with Gasteiger partial charge in [-0.15, -0.1) is 11.3 Å². The van der Waals surface area contributed by atoms with Gasteiger partial charge in [-0.1, -0.05) is 36.4 Å². The van der Waals surface area contributed by atoms with Crippen molar-refractivity contribution < 1.29 is 4.79 Å². The summed E-state index contributed by atoms with van der Waals surface area (Å²) in [5.41, 5.74) is 1.56. The number of nitrogens with zero attached hydrogens (tertiary/aromatic N) is 3. The molecule has 0 saturated heterocycles. The van der Waals surface area contributed by atoms with Crippen molar-refractivity contribution in [1.29, 1.82) is 0 Å². The zero-order valence-electron chi connectivity index (χ0n) is 18.0. The number of fused-ring (bicyclic) bond motifs is 2. The average molecular weight is 459 g/mol. The van der Waals surface area contributed by atoms with Crippen LogP contribution < -0.4 is 16.2 Å². The Bertz CT molecular complexity index is 1500. The monoisotopic (exact) mass is 458 g/mol. The maximum absolute atomic E-state index is 13.0. The van der Waals surface area contributed by atoms with Gasteiger partial charge in [-0.2, -0.15) is 9.50 Å². The smallest absolute Gasteiger partial charge is 0.277 e. The third kappa shape index (κ3) is 4.49. The number of anilines is 2. The summed E-state index contributed by atoms with van der Waals surface area (Å²) in [6, 6.07) is 17.8. The number of carbonyl (C=O) groups excluding carboxylic acids is 1. The second-order valence-corrected chi connectivity index (χ2v) is 8.76. The first kappa shape index (κ1) is 20.9. The highest BCUT2D eigenvalue weighted by atomic mass is 32.1. The Morgan fingerprint density at radius 1 is 1.09 bits per heavy atom. The molecule has 33 heavy (non-hydrogen) atoms.